The quantitative estimate of drug-likeness (QED) is 0.364. The van der Waals surface area contributed by atoms with Gasteiger partial charge in [-0.1, -0.05) is 91.4 Å². The van der Waals surface area contributed by atoms with E-state index in [9.17, 15) is 4.79 Å². The average molecular weight is 324 g/mol. The second kappa shape index (κ2) is 11.6. The van der Waals surface area contributed by atoms with Crippen molar-refractivity contribution in [2.75, 3.05) is 0 Å². The minimum absolute atomic E-state index is 0.0626. The molecule has 3 heteroatoms. The average Bonchev–Trinajstić information content (AvgIpc) is 2.99. The van der Waals surface area contributed by atoms with E-state index in [1.54, 1.807) is 0 Å². The standard InChI is InChI=1S/C20H37NO2/c1-4-6-7-8-9-10-11-12-13-14-15-16-20(3,5-2)18-19(22)21-17-23-18/h17-18H,4-16H2,1-3H3. The highest BCUT2D eigenvalue weighted by Gasteiger charge is 2.40. The number of carbonyl (C=O) groups is 1. The Bertz CT molecular complexity index is 354. The molecule has 0 N–H and O–H groups in total. The zero-order valence-electron chi connectivity index (χ0n) is 15.6. The van der Waals surface area contributed by atoms with Gasteiger partial charge in [0.2, 0.25) is 0 Å². The number of ether oxygens (including phenoxy) is 1. The van der Waals surface area contributed by atoms with Gasteiger partial charge in [0.05, 0.1) is 0 Å². The third kappa shape index (κ3) is 7.50. The molecule has 23 heavy (non-hydrogen) atoms. The van der Waals surface area contributed by atoms with E-state index < -0.39 is 0 Å². The summed E-state index contributed by atoms with van der Waals surface area (Å²) in [5, 5.41) is 0. The van der Waals surface area contributed by atoms with E-state index in [1.807, 2.05) is 0 Å². The molecule has 0 aromatic carbocycles. The molecule has 0 aromatic heterocycles. The second-order valence-corrected chi connectivity index (χ2v) is 7.38. The van der Waals surface area contributed by atoms with E-state index in [1.165, 1.54) is 77.0 Å². The monoisotopic (exact) mass is 323 g/mol. The lowest BCUT2D eigenvalue weighted by molar-refractivity contribution is -0.128. The fourth-order valence-electron chi connectivity index (χ4n) is 3.42. The van der Waals surface area contributed by atoms with Crippen LogP contribution in [0, 0.1) is 5.41 Å². The Balaban J connectivity index is 2.02. The number of carbonyl (C=O) groups excluding carboxylic acids is 1. The maximum atomic E-state index is 11.8. The highest BCUT2D eigenvalue weighted by Crippen LogP contribution is 2.36. The molecular formula is C20H37NO2. The second-order valence-electron chi connectivity index (χ2n) is 7.38. The molecule has 1 heterocycles. The van der Waals surface area contributed by atoms with Crippen molar-refractivity contribution < 1.29 is 9.53 Å². The van der Waals surface area contributed by atoms with Gasteiger partial charge in [-0.3, -0.25) is 4.79 Å². The molecule has 1 aliphatic rings. The van der Waals surface area contributed by atoms with Gasteiger partial charge in [0.1, 0.15) is 0 Å². The van der Waals surface area contributed by atoms with Gasteiger partial charge in [0.15, 0.2) is 12.5 Å². The third-order valence-electron chi connectivity index (χ3n) is 5.39. The Kier molecular flexibility index (Phi) is 10.2. The molecule has 2 atom stereocenters. The van der Waals surface area contributed by atoms with Crippen molar-refractivity contribution in [1.29, 1.82) is 0 Å². The van der Waals surface area contributed by atoms with Gasteiger partial charge >= 0.3 is 0 Å². The lowest BCUT2D eigenvalue weighted by Gasteiger charge is -2.31. The van der Waals surface area contributed by atoms with E-state index in [0.29, 0.717) is 0 Å². The minimum atomic E-state index is -0.351. The number of hydrogen-bond donors (Lipinski definition) is 0. The summed E-state index contributed by atoms with van der Waals surface area (Å²) in [5.74, 6) is -0.0996. The smallest absolute Gasteiger partial charge is 0.290 e. The van der Waals surface area contributed by atoms with Crippen LogP contribution in [-0.4, -0.2) is 18.4 Å². The Labute approximate surface area is 143 Å². The fourth-order valence-corrected chi connectivity index (χ4v) is 3.42. The topological polar surface area (TPSA) is 38.7 Å². The number of amides is 1. The first kappa shape index (κ1) is 20.2. The van der Waals surface area contributed by atoms with E-state index in [2.05, 4.69) is 25.8 Å². The van der Waals surface area contributed by atoms with Crippen LogP contribution in [0.3, 0.4) is 0 Å². The Morgan fingerprint density at radius 3 is 1.91 bits per heavy atom. The lowest BCUT2D eigenvalue weighted by Crippen LogP contribution is -2.36. The number of hydrogen-bond acceptors (Lipinski definition) is 2. The summed E-state index contributed by atoms with van der Waals surface area (Å²) in [4.78, 5) is 15.5. The zero-order valence-corrected chi connectivity index (χ0v) is 15.6. The minimum Gasteiger partial charge on any atom is -0.469 e. The van der Waals surface area contributed by atoms with Crippen molar-refractivity contribution in [3.05, 3.63) is 0 Å². The van der Waals surface area contributed by atoms with Crippen LogP contribution in [0.25, 0.3) is 0 Å². The molecule has 2 unspecified atom stereocenters. The number of unbranched alkanes of at least 4 members (excludes halogenated alkanes) is 10. The van der Waals surface area contributed by atoms with Gasteiger partial charge < -0.3 is 4.74 Å². The molecule has 0 spiro atoms. The van der Waals surface area contributed by atoms with E-state index in [0.717, 1.165) is 12.8 Å². The molecule has 0 aromatic rings. The van der Waals surface area contributed by atoms with Crippen molar-refractivity contribution >= 4 is 12.3 Å². The van der Waals surface area contributed by atoms with Crippen molar-refractivity contribution in [2.24, 2.45) is 10.4 Å². The largest absolute Gasteiger partial charge is 0.469 e. The summed E-state index contributed by atoms with van der Waals surface area (Å²) in [6, 6.07) is 0. The summed E-state index contributed by atoms with van der Waals surface area (Å²) >= 11 is 0. The van der Waals surface area contributed by atoms with Crippen LogP contribution < -0.4 is 0 Å². The van der Waals surface area contributed by atoms with Crippen molar-refractivity contribution in [3.63, 3.8) is 0 Å². The van der Waals surface area contributed by atoms with Gasteiger partial charge in [0.25, 0.3) is 5.91 Å². The summed E-state index contributed by atoms with van der Waals surface area (Å²) in [6.45, 7) is 6.58. The van der Waals surface area contributed by atoms with Crippen molar-refractivity contribution in [1.82, 2.24) is 0 Å². The molecule has 3 nitrogen and oxygen atoms in total. The molecule has 134 valence electrons. The van der Waals surface area contributed by atoms with Gasteiger partial charge in [-0.15, -0.1) is 0 Å². The predicted octanol–water partition coefficient (Wildman–Crippen LogP) is 6.06. The SMILES string of the molecule is CCCCCCCCCCCCCC(C)(CC)C1OC=NC1=O. The van der Waals surface area contributed by atoms with Crippen molar-refractivity contribution in [3.8, 4) is 0 Å². The summed E-state index contributed by atoms with van der Waals surface area (Å²) < 4.78 is 5.43. The Hall–Kier alpha value is -0.860. The first-order valence-corrected chi connectivity index (χ1v) is 9.86. The van der Waals surface area contributed by atoms with Gasteiger partial charge in [-0.05, 0) is 12.8 Å². The van der Waals surface area contributed by atoms with E-state index in [-0.39, 0.29) is 17.4 Å². The van der Waals surface area contributed by atoms with Gasteiger partial charge in [0, 0.05) is 5.41 Å². The molecule has 0 saturated heterocycles. The molecular weight excluding hydrogens is 286 g/mol. The lowest BCUT2D eigenvalue weighted by atomic mass is 9.76. The van der Waals surface area contributed by atoms with Gasteiger partial charge in [-0.2, -0.15) is 4.99 Å². The van der Waals surface area contributed by atoms with Crippen molar-refractivity contribution in [2.45, 2.75) is 110 Å². The van der Waals surface area contributed by atoms with Crippen LogP contribution in [0.5, 0.6) is 0 Å². The molecule has 0 saturated carbocycles. The van der Waals surface area contributed by atoms with Crippen LogP contribution in [0.1, 0.15) is 104 Å². The number of rotatable bonds is 14. The molecule has 0 fully saturated rings. The van der Waals surface area contributed by atoms with Crippen LogP contribution >= 0.6 is 0 Å². The molecule has 0 bridgehead atoms. The molecule has 1 rings (SSSR count). The van der Waals surface area contributed by atoms with Crippen LogP contribution in [-0.2, 0) is 9.53 Å². The number of aliphatic imine (C=N–C) groups is 1. The zero-order chi connectivity index (χ0) is 17.0. The maximum Gasteiger partial charge on any atom is 0.290 e. The fraction of sp³-hybridized carbons (Fsp3) is 0.900. The predicted molar refractivity (Wildman–Crippen MR) is 97.8 cm³/mol. The van der Waals surface area contributed by atoms with Gasteiger partial charge in [-0.25, -0.2) is 0 Å². The summed E-state index contributed by atoms with van der Waals surface area (Å²) in [5.41, 5.74) is -0.0626. The van der Waals surface area contributed by atoms with E-state index >= 15 is 0 Å². The number of nitrogens with zero attached hydrogens (tertiary/aromatic N) is 1. The molecule has 0 radical (unpaired) electrons. The Morgan fingerprint density at radius 2 is 1.48 bits per heavy atom. The van der Waals surface area contributed by atoms with Crippen LogP contribution in [0.2, 0.25) is 0 Å². The summed E-state index contributed by atoms with van der Waals surface area (Å²) in [7, 11) is 0. The first-order valence-electron chi connectivity index (χ1n) is 9.86. The van der Waals surface area contributed by atoms with Crippen LogP contribution in [0.15, 0.2) is 4.99 Å². The first-order chi connectivity index (χ1) is 11.1. The highest BCUT2D eigenvalue weighted by atomic mass is 16.5. The molecule has 1 amide bonds. The maximum absolute atomic E-state index is 11.8. The van der Waals surface area contributed by atoms with E-state index in [4.69, 9.17) is 4.74 Å². The molecule has 1 aliphatic heterocycles. The van der Waals surface area contributed by atoms with Crippen LogP contribution in [0.4, 0.5) is 0 Å². The summed E-state index contributed by atoms with van der Waals surface area (Å²) in [6.07, 6.45) is 17.9. The Morgan fingerprint density at radius 1 is 0.957 bits per heavy atom. The normalized spacial score (nSPS) is 19.8. The third-order valence-corrected chi connectivity index (χ3v) is 5.39. The highest BCUT2D eigenvalue weighted by molar-refractivity contribution is 5.92. The molecule has 0 aliphatic carbocycles.